The van der Waals surface area contributed by atoms with Crippen molar-refractivity contribution in [2.45, 2.75) is 71.3 Å². The van der Waals surface area contributed by atoms with Gasteiger partial charge in [0.25, 0.3) is 0 Å². The zero-order valence-corrected chi connectivity index (χ0v) is 11.8. The largest absolute Gasteiger partial charge is 0.378 e. The molecule has 0 aromatic rings. The van der Waals surface area contributed by atoms with Crippen molar-refractivity contribution in [2.75, 3.05) is 19.7 Å². The summed E-state index contributed by atoms with van der Waals surface area (Å²) in [6.45, 7) is 7.71. The van der Waals surface area contributed by atoms with Crippen LogP contribution in [0, 0.1) is 5.92 Å². The van der Waals surface area contributed by atoms with Gasteiger partial charge in [0.1, 0.15) is 0 Å². The van der Waals surface area contributed by atoms with E-state index in [1.807, 2.05) is 0 Å². The summed E-state index contributed by atoms with van der Waals surface area (Å²) in [5.41, 5.74) is 0. The molecule has 0 bridgehead atoms. The number of rotatable bonds is 9. The van der Waals surface area contributed by atoms with Crippen LogP contribution in [0.2, 0.25) is 0 Å². The van der Waals surface area contributed by atoms with Crippen LogP contribution in [0.3, 0.4) is 0 Å². The predicted molar refractivity (Wildman–Crippen MR) is 74.4 cm³/mol. The second-order valence-corrected chi connectivity index (χ2v) is 5.28. The fourth-order valence-electron chi connectivity index (χ4n) is 2.80. The Labute approximate surface area is 108 Å². The third-order valence-corrected chi connectivity index (χ3v) is 3.94. The van der Waals surface area contributed by atoms with Crippen LogP contribution in [0.1, 0.15) is 65.2 Å². The first-order valence-electron chi connectivity index (χ1n) is 7.70. The second kappa shape index (κ2) is 9.90. The lowest BCUT2D eigenvalue weighted by molar-refractivity contribution is -0.0134. The van der Waals surface area contributed by atoms with Crippen LogP contribution in [-0.2, 0) is 4.74 Å². The average Bonchev–Trinajstić information content (AvgIpc) is 2.38. The highest BCUT2D eigenvalue weighted by atomic mass is 16.5. The summed E-state index contributed by atoms with van der Waals surface area (Å²) >= 11 is 0. The fourth-order valence-corrected chi connectivity index (χ4v) is 2.80. The average molecular weight is 241 g/mol. The van der Waals surface area contributed by atoms with Gasteiger partial charge in [0, 0.05) is 6.61 Å². The van der Waals surface area contributed by atoms with Crippen LogP contribution in [0.25, 0.3) is 0 Å². The normalized spacial score (nSPS) is 25.1. The van der Waals surface area contributed by atoms with Gasteiger partial charge in [0.2, 0.25) is 0 Å². The topological polar surface area (TPSA) is 21.3 Å². The van der Waals surface area contributed by atoms with Gasteiger partial charge in [-0.2, -0.15) is 0 Å². The van der Waals surface area contributed by atoms with Crippen molar-refractivity contribution in [3.05, 3.63) is 0 Å². The molecular formula is C15H31NO. The highest BCUT2D eigenvalue weighted by Crippen LogP contribution is 2.29. The van der Waals surface area contributed by atoms with Crippen molar-refractivity contribution in [1.29, 1.82) is 0 Å². The molecule has 0 spiro atoms. The van der Waals surface area contributed by atoms with Crippen molar-refractivity contribution in [2.24, 2.45) is 5.92 Å². The molecule has 0 amide bonds. The van der Waals surface area contributed by atoms with Crippen LogP contribution in [-0.4, -0.2) is 25.8 Å². The molecule has 0 saturated heterocycles. The molecule has 0 radical (unpaired) electrons. The summed E-state index contributed by atoms with van der Waals surface area (Å²) in [6.07, 6.45) is 11.2. The monoisotopic (exact) mass is 241 g/mol. The molecular weight excluding hydrogens is 210 g/mol. The smallest absolute Gasteiger partial charge is 0.0603 e. The summed E-state index contributed by atoms with van der Waals surface area (Å²) < 4.78 is 6.07. The minimum atomic E-state index is 0.572. The van der Waals surface area contributed by atoms with E-state index in [9.17, 15) is 0 Å². The standard InChI is InChI=1S/C15H31NO/c1-3-14-10-6-7-11-15(14)17-13-9-5-8-12-16-4-2/h14-16H,3-13H2,1-2H3. The van der Waals surface area contributed by atoms with Gasteiger partial charge in [0.05, 0.1) is 6.10 Å². The van der Waals surface area contributed by atoms with Gasteiger partial charge in [-0.3, -0.25) is 0 Å². The molecule has 0 aromatic heterocycles. The summed E-state index contributed by atoms with van der Waals surface area (Å²) in [4.78, 5) is 0. The fraction of sp³-hybridized carbons (Fsp3) is 1.00. The van der Waals surface area contributed by atoms with Crippen molar-refractivity contribution in [1.82, 2.24) is 5.32 Å². The molecule has 2 atom stereocenters. The van der Waals surface area contributed by atoms with E-state index in [0.717, 1.165) is 25.6 Å². The molecule has 1 rings (SSSR count). The van der Waals surface area contributed by atoms with Crippen molar-refractivity contribution >= 4 is 0 Å². The molecule has 1 aliphatic rings. The maximum Gasteiger partial charge on any atom is 0.0603 e. The molecule has 1 fully saturated rings. The molecule has 1 saturated carbocycles. The zero-order valence-electron chi connectivity index (χ0n) is 11.8. The van der Waals surface area contributed by atoms with Gasteiger partial charge >= 0.3 is 0 Å². The Bertz CT molecular complexity index is 172. The van der Waals surface area contributed by atoms with E-state index in [2.05, 4.69) is 19.2 Å². The van der Waals surface area contributed by atoms with Gasteiger partial charge in [-0.05, 0) is 51.1 Å². The third-order valence-electron chi connectivity index (χ3n) is 3.94. The Morgan fingerprint density at radius 3 is 2.65 bits per heavy atom. The van der Waals surface area contributed by atoms with Crippen molar-refractivity contribution in [3.63, 3.8) is 0 Å². The molecule has 1 aliphatic carbocycles. The van der Waals surface area contributed by atoms with Crippen LogP contribution in [0.4, 0.5) is 0 Å². The van der Waals surface area contributed by atoms with E-state index >= 15 is 0 Å². The Hall–Kier alpha value is -0.0800. The first kappa shape index (κ1) is 15.0. The van der Waals surface area contributed by atoms with E-state index in [1.54, 1.807) is 0 Å². The molecule has 102 valence electrons. The predicted octanol–water partition coefficient (Wildman–Crippen LogP) is 3.75. The molecule has 0 aromatic carbocycles. The van der Waals surface area contributed by atoms with Crippen LogP contribution >= 0.6 is 0 Å². The van der Waals surface area contributed by atoms with E-state index in [0.29, 0.717) is 6.10 Å². The SMILES string of the molecule is CCNCCCCCOC1CCCCC1CC. The maximum atomic E-state index is 6.07. The lowest BCUT2D eigenvalue weighted by Crippen LogP contribution is -2.27. The number of hydrogen-bond donors (Lipinski definition) is 1. The molecule has 1 N–H and O–H groups in total. The second-order valence-electron chi connectivity index (χ2n) is 5.28. The molecule has 17 heavy (non-hydrogen) atoms. The molecule has 2 unspecified atom stereocenters. The molecule has 2 heteroatoms. The van der Waals surface area contributed by atoms with E-state index < -0.39 is 0 Å². The quantitative estimate of drug-likeness (QED) is 0.621. The number of hydrogen-bond acceptors (Lipinski definition) is 2. The molecule has 0 heterocycles. The molecule has 0 aliphatic heterocycles. The van der Waals surface area contributed by atoms with E-state index in [1.165, 1.54) is 51.4 Å². The summed E-state index contributed by atoms with van der Waals surface area (Å²) in [6, 6.07) is 0. The molecule has 2 nitrogen and oxygen atoms in total. The van der Waals surface area contributed by atoms with Crippen LogP contribution in [0.15, 0.2) is 0 Å². The first-order chi connectivity index (χ1) is 8.38. The van der Waals surface area contributed by atoms with E-state index in [4.69, 9.17) is 4.74 Å². The highest BCUT2D eigenvalue weighted by molar-refractivity contribution is 4.74. The number of unbranched alkanes of at least 4 members (excludes halogenated alkanes) is 2. The van der Waals surface area contributed by atoms with Crippen molar-refractivity contribution in [3.8, 4) is 0 Å². The highest BCUT2D eigenvalue weighted by Gasteiger charge is 2.23. The summed E-state index contributed by atoms with van der Waals surface area (Å²) in [5.74, 6) is 0.838. The van der Waals surface area contributed by atoms with Gasteiger partial charge in [-0.15, -0.1) is 0 Å². The maximum absolute atomic E-state index is 6.07. The Kier molecular flexibility index (Phi) is 8.72. The zero-order chi connectivity index (χ0) is 12.3. The minimum Gasteiger partial charge on any atom is -0.378 e. The first-order valence-corrected chi connectivity index (χ1v) is 7.70. The van der Waals surface area contributed by atoms with Gasteiger partial charge in [0.15, 0.2) is 0 Å². The third kappa shape index (κ3) is 6.42. The lowest BCUT2D eigenvalue weighted by atomic mass is 9.85. The Balaban J connectivity index is 1.97. The van der Waals surface area contributed by atoms with E-state index in [-0.39, 0.29) is 0 Å². The Morgan fingerprint density at radius 1 is 1.06 bits per heavy atom. The number of nitrogens with one attached hydrogen (secondary N) is 1. The summed E-state index contributed by atoms with van der Waals surface area (Å²) in [7, 11) is 0. The number of ether oxygens (including phenoxy) is 1. The van der Waals surface area contributed by atoms with Crippen LogP contribution < -0.4 is 5.32 Å². The van der Waals surface area contributed by atoms with Gasteiger partial charge in [-0.1, -0.05) is 33.1 Å². The van der Waals surface area contributed by atoms with Gasteiger partial charge in [-0.25, -0.2) is 0 Å². The lowest BCUT2D eigenvalue weighted by Gasteiger charge is -2.30. The van der Waals surface area contributed by atoms with Crippen molar-refractivity contribution < 1.29 is 4.74 Å². The minimum absolute atomic E-state index is 0.572. The Morgan fingerprint density at radius 2 is 1.88 bits per heavy atom. The summed E-state index contributed by atoms with van der Waals surface area (Å²) in [5, 5.41) is 3.36. The van der Waals surface area contributed by atoms with Crippen LogP contribution in [0.5, 0.6) is 0 Å². The van der Waals surface area contributed by atoms with Gasteiger partial charge < -0.3 is 10.1 Å².